The lowest BCUT2D eigenvalue weighted by Gasteiger charge is -2.27. The van der Waals surface area contributed by atoms with Crippen LogP contribution in [0.1, 0.15) is 20.3 Å². The van der Waals surface area contributed by atoms with Gasteiger partial charge in [-0.25, -0.2) is 0 Å². The molecule has 1 saturated heterocycles. The summed E-state index contributed by atoms with van der Waals surface area (Å²) in [6.45, 7) is 7.14. The maximum absolute atomic E-state index is 5.72. The van der Waals surface area contributed by atoms with Crippen molar-refractivity contribution in [3.05, 3.63) is 0 Å². The predicted molar refractivity (Wildman–Crippen MR) is 70.6 cm³/mol. The average molecular weight is 252 g/mol. The van der Waals surface area contributed by atoms with Crippen molar-refractivity contribution < 1.29 is 4.74 Å². The summed E-state index contributed by atoms with van der Waals surface area (Å²) in [5.74, 6) is 1.41. The fourth-order valence-corrected chi connectivity index (χ4v) is 1.67. The van der Waals surface area contributed by atoms with Crippen LogP contribution < -0.4 is 16.0 Å². The van der Waals surface area contributed by atoms with Gasteiger partial charge in [-0.2, -0.15) is 15.0 Å². The van der Waals surface area contributed by atoms with Crippen molar-refractivity contribution in [1.29, 1.82) is 0 Å². The minimum atomic E-state index is 0.247. The Kier molecular flexibility index (Phi) is 4.14. The Morgan fingerprint density at radius 2 is 2.06 bits per heavy atom. The molecule has 1 aromatic rings. The van der Waals surface area contributed by atoms with Crippen LogP contribution in [0.2, 0.25) is 0 Å². The highest BCUT2D eigenvalue weighted by atomic mass is 16.5. The standard InChI is InChI=1S/C11H20N6O/c1-3-8(2)13-10-14-9(12)15-11(16-10)17-4-6-18-7-5-17/h8H,3-7H2,1-2H3,(H3,12,13,14,15,16). The van der Waals surface area contributed by atoms with Crippen LogP contribution >= 0.6 is 0 Å². The van der Waals surface area contributed by atoms with Crippen LogP contribution in [0.5, 0.6) is 0 Å². The van der Waals surface area contributed by atoms with E-state index < -0.39 is 0 Å². The van der Waals surface area contributed by atoms with Crippen LogP contribution in [0, 0.1) is 0 Å². The van der Waals surface area contributed by atoms with Crippen LogP contribution in [-0.2, 0) is 4.74 Å². The molecule has 1 atom stereocenters. The van der Waals surface area contributed by atoms with Crippen LogP contribution in [0.25, 0.3) is 0 Å². The highest BCUT2D eigenvalue weighted by Crippen LogP contribution is 2.14. The SMILES string of the molecule is CCC(C)Nc1nc(N)nc(N2CCOCC2)n1. The molecule has 0 radical (unpaired) electrons. The molecular formula is C11H20N6O. The number of nitrogen functional groups attached to an aromatic ring is 1. The summed E-state index contributed by atoms with van der Waals surface area (Å²) in [5, 5.41) is 3.21. The molecule has 0 saturated carbocycles. The van der Waals surface area contributed by atoms with E-state index in [0.29, 0.717) is 31.2 Å². The molecule has 7 nitrogen and oxygen atoms in total. The van der Waals surface area contributed by atoms with E-state index in [-0.39, 0.29) is 5.95 Å². The fraction of sp³-hybridized carbons (Fsp3) is 0.727. The molecule has 0 aliphatic carbocycles. The number of nitrogens with two attached hydrogens (primary N) is 1. The molecular weight excluding hydrogens is 232 g/mol. The minimum Gasteiger partial charge on any atom is -0.378 e. The first-order chi connectivity index (χ1) is 8.69. The molecule has 0 amide bonds. The van der Waals surface area contributed by atoms with Gasteiger partial charge in [-0.1, -0.05) is 6.92 Å². The van der Waals surface area contributed by atoms with Gasteiger partial charge in [-0.3, -0.25) is 0 Å². The number of nitrogens with one attached hydrogen (secondary N) is 1. The van der Waals surface area contributed by atoms with E-state index in [1.54, 1.807) is 0 Å². The van der Waals surface area contributed by atoms with Crippen molar-refractivity contribution >= 4 is 17.8 Å². The van der Waals surface area contributed by atoms with E-state index in [2.05, 4.69) is 39.0 Å². The van der Waals surface area contributed by atoms with Gasteiger partial charge in [0.2, 0.25) is 17.8 Å². The first-order valence-electron chi connectivity index (χ1n) is 6.30. The molecule has 1 aromatic heterocycles. The van der Waals surface area contributed by atoms with Crippen LogP contribution in [0.15, 0.2) is 0 Å². The lowest BCUT2D eigenvalue weighted by Crippen LogP contribution is -2.37. The number of morpholine rings is 1. The van der Waals surface area contributed by atoms with Gasteiger partial charge >= 0.3 is 0 Å². The number of hydrogen-bond acceptors (Lipinski definition) is 7. The van der Waals surface area contributed by atoms with Crippen LogP contribution in [0.4, 0.5) is 17.8 Å². The molecule has 7 heteroatoms. The maximum atomic E-state index is 5.72. The van der Waals surface area contributed by atoms with Gasteiger partial charge < -0.3 is 20.7 Å². The van der Waals surface area contributed by atoms with E-state index in [1.165, 1.54) is 0 Å². The zero-order chi connectivity index (χ0) is 13.0. The summed E-state index contributed by atoms with van der Waals surface area (Å²) in [4.78, 5) is 14.7. The highest BCUT2D eigenvalue weighted by molar-refractivity contribution is 5.42. The number of ether oxygens (including phenoxy) is 1. The van der Waals surface area contributed by atoms with Crippen molar-refractivity contribution in [1.82, 2.24) is 15.0 Å². The summed E-state index contributed by atoms with van der Waals surface area (Å²) in [6, 6.07) is 0.310. The molecule has 1 unspecified atom stereocenters. The van der Waals surface area contributed by atoms with E-state index in [9.17, 15) is 0 Å². The summed E-state index contributed by atoms with van der Waals surface area (Å²) in [5.41, 5.74) is 5.72. The van der Waals surface area contributed by atoms with Gasteiger partial charge in [-0.05, 0) is 13.3 Å². The van der Waals surface area contributed by atoms with Crippen molar-refractivity contribution in [3.63, 3.8) is 0 Å². The van der Waals surface area contributed by atoms with Crippen LogP contribution in [0.3, 0.4) is 0 Å². The van der Waals surface area contributed by atoms with Crippen molar-refractivity contribution in [2.75, 3.05) is 42.3 Å². The second-order valence-electron chi connectivity index (χ2n) is 4.37. The predicted octanol–water partition coefficient (Wildman–Crippen LogP) is 0.501. The van der Waals surface area contributed by atoms with Gasteiger partial charge in [-0.15, -0.1) is 0 Å². The normalized spacial score (nSPS) is 17.6. The molecule has 0 spiro atoms. The quantitative estimate of drug-likeness (QED) is 0.806. The third-order valence-corrected chi connectivity index (χ3v) is 2.92. The Balaban J connectivity index is 2.14. The van der Waals surface area contributed by atoms with Crippen molar-refractivity contribution in [2.24, 2.45) is 0 Å². The molecule has 18 heavy (non-hydrogen) atoms. The summed E-state index contributed by atoms with van der Waals surface area (Å²) >= 11 is 0. The van der Waals surface area contributed by atoms with Gasteiger partial charge in [0.15, 0.2) is 0 Å². The molecule has 2 heterocycles. The maximum Gasteiger partial charge on any atom is 0.232 e. The zero-order valence-corrected chi connectivity index (χ0v) is 10.9. The Morgan fingerprint density at radius 1 is 1.33 bits per heavy atom. The summed E-state index contributed by atoms with van der Waals surface area (Å²) in [7, 11) is 0. The summed E-state index contributed by atoms with van der Waals surface area (Å²) < 4.78 is 5.30. The molecule has 1 aliphatic rings. The molecule has 0 bridgehead atoms. The third kappa shape index (κ3) is 3.19. The second kappa shape index (κ2) is 5.81. The Hall–Kier alpha value is -1.63. The number of hydrogen-bond donors (Lipinski definition) is 2. The molecule has 0 aromatic carbocycles. The van der Waals surface area contributed by atoms with Crippen LogP contribution in [-0.4, -0.2) is 47.3 Å². The monoisotopic (exact) mass is 252 g/mol. The van der Waals surface area contributed by atoms with E-state index >= 15 is 0 Å². The lowest BCUT2D eigenvalue weighted by molar-refractivity contribution is 0.122. The Bertz CT molecular complexity index is 393. The first kappa shape index (κ1) is 12.8. The third-order valence-electron chi connectivity index (χ3n) is 2.92. The van der Waals surface area contributed by atoms with Crippen molar-refractivity contribution in [2.45, 2.75) is 26.3 Å². The summed E-state index contributed by atoms with van der Waals surface area (Å²) in [6.07, 6.45) is 0.998. The molecule has 3 N–H and O–H groups in total. The van der Waals surface area contributed by atoms with E-state index in [0.717, 1.165) is 19.5 Å². The number of anilines is 3. The lowest BCUT2D eigenvalue weighted by atomic mass is 10.3. The Labute approximate surface area is 107 Å². The number of aromatic nitrogens is 3. The Morgan fingerprint density at radius 3 is 2.72 bits per heavy atom. The van der Waals surface area contributed by atoms with Gasteiger partial charge in [0, 0.05) is 19.1 Å². The minimum absolute atomic E-state index is 0.247. The van der Waals surface area contributed by atoms with Gasteiger partial charge in [0.1, 0.15) is 0 Å². The highest BCUT2D eigenvalue weighted by Gasteiger charge is 2.16. The molecule has 1 aliphatic heterocycles. The topological polar surface area (TPSA) is 89.2 Å². The van der Waals surface area contributed by atoms with Crippen molar-refractivity contribution in [3.8, 4) is 0 Å². The largest absolute Gasteiger partial charge is 0.378 e. The number of nitrogens with zero attached hydrogens (tertiary/aromatic N) is 4. The molecule has 100 valence electrons. The second-order valence-corrected chi connectivity index (χ2v) is 4.37. The zero-order valence-electron chi connectivity index (χ0n) is 10.9. The number of rotatable bonds is 4. The van der Waals surface area contributed by atoms with E-state index in [1.807, 2.05) is 0 Å². The smallest absolute Gasteiger partial charge is 0.232 e. The van der Waals surface area contributed by atoms with Gasteiger partial charge in [0.05, 0.1) is 13.2 Å². The van der Waals surface area contributed by atoms with E-state index in [4.69, 9.17) is 10.5 Å². The molecule has 1 fully saturated rings. The molecule has 2 rings (SSSR count). The first-order valence-corrected chi connectivity index (χ1v) is 6.30. The fourth-order valence-electron chi connectivity index (χ4n) is 1.67. The van der Waals surface area contributed by atoms with Gasteiger partial charge in [0.25, 0.3) is 0 Å². The average Bonchev–Trinajstić information content (AvgIpc) is 2.39.